The summed E-state index contributed by atoms with van der Waals surface area (Å²) in [7, 11) is -1.73. The first-order valence-corrected chi connectivity index (χ1v) is 7.49. The van der Waals surface area contributed by atoms with E-state index < -0.39 is 31.3 Å². The second-order valence-electron chi connectivity index (χ2n) is 5.24. The molecule has 1 aromatic carbocycles. The average Bonchev–Trinajstić information content (AvgIpc) is 2.60. The summed E-state index contributed by atoms with van der Waals surface area (Å²) in [5, 5.41) is 34.0. The summed E-state index contributed by atoms with van der Waals surface area (Å²) in [6.45, 7) is 0. The molecule has 0 saturated carbocycles. The summed E-state index contributed by atoms with van der Waals surface area (Å²) in [4.78, 5) is 28.5. The van der Waals surface area contributed by atoms with E-state index in [4.69, 9.17) is 10.0 Å². The Labute approximate surface area is 144 Å². The highest BCUT2D eigenvalue weighted by atomic mass is 16.5. The first-order valence-electron chi connectivity index (χ1n) is 7.49. The third kappa shape index (κ3) is 5.55. The number of hydrogen-bond donors (Lipinski definition) is 4. The Morgan fingerprint density at radius 3 is 2.60 bits per heavy atom. The van der Waals surface area contributed by atoms with Gasteiger partial charge >= 0.3 is 18.8 Å². The quantitative estimate of drug-likeness (QED) is 0.212. The fourth-order valence-corrected chi connectivity index (χ4v) is 2.12. The van der Waals surface area contributed by atoms with Gasteiger partial charge in [-0.3, -0.25) is 9.78 Å². The fraction of sp³-hybridized carbons (Fsp3) is 0.200. The van der Waals surface area contributed by atoms with Crippen molar-refractivity contribution in [3.63, 3.8) is 0 Å². The molecule has 2 rings (SSSR count). The van der Waals surface area contributed by atoms with Gasteiger partial charge in [-0.2, -0.15) is 0 Å². The zero-order valence-corrected chi connectivity index (χ0v) is 13.2. The number of nitrogens with one attached hydrogen (secondary N) is 2. The van der Waals surface area contributed by atoms with Crippen LogP contribution in [0, 0.1) is 11.1 Å². The molecule has 0 aliphatic carbocycles. The van der Waals surface area contributed by atoms with Crippen molar-refractivity contribution in [2.24, 2.45) is 5.92 Å². The Balaban J connectivity index is 2.16. The van der Waals surface area contributed by atoms with Crippen molar-refractivity contribution < 1.29 is 24.4 Å². The lowest BCUT2D eigenvalue weighted by Gasteiger charge is -2.15. The van der Waals surface area contributed by atoms with E-state index in [1.807, 2.05) is 0 Å². The summed E-state index contributed by atoms with van der Waals surface area (Å²) < 4.78 is 0.417. The molecule has 4 N–H and O–H groups in total. The normalized spacial score (nSPS) is 11.4. The van der Waals surface area contributed by atoms with Gasteiger partial charge in [0.05, 0.1) is 12.6 Å². The smallest absolute Gasteiger partial charge is 0.472 e. The molecule has 0 bridgehead atoms. The highest BCUT2D eigenvalue weighted by Crippen LogP contribution is 2.11. The van der Waals surface area contributed by atoms with Crippen molar-refractivity contribution in [3.05, 3.63) is 59.7 Å². The molecule has 2 amide bonds. The van der Waals surface area contributed by atoms with Crippen molar-refractivity contribution in [3.8, 4) is 0 Å². The van der Waals surface area contributed by atoms with E-state index in [1.54, 1.807) is 30.3 Å². The van der Waals surface area contributed by atoms with Crippen LogP contribution in [0.5, 0.6) is 0 Å². The Hall–Kier alpha value is -2.98. The van der Waals surface area contributed by atoms with Crippen LogP contribution in [0.3, 0.4) is 0 Å². The Kier molecular flexibility index (Phi) is 6.43. The lowest BCUT2D eigenvalue weighted by atomic mass is 9.91. The number of benzene rings is 1. The van der Waals surface area contributed by atoms with Crippen molar-refractivity contribution in [2.75, 3.05) is 11.8 Å². The molecule has 130 valence electrons. The van der Waals surface area contributed by atoms with E-state index in [0.717, 1.165) is 11.8 Å². The maximum Gasteiger partial charge on any atom is 0.472 e. The number of aromatic nitrogens is 2. The van der Waals surface area contributed by atoms with Gasteiger partial charge in [-0.25, -0.2) is 14.8 Å². The molecule has 0 aliphatic heterocycles. The monoisotopic (exact) mass is 344 g/mol. The van der Waals surface area contributed by atoms with Gasteiger partial charge in [0, 0.05) is 0 Å². The van der Waals surface area contributed by atoms with Gasteiger partial charge in [0.15, 0.2) is 0 Å². The van der Waals surface area contributed by atoms with Gasteiger partial charge in [-0.1, -0.05) is 30.3 Å². The Bertz CT molecular complexity index is 729. The van der Waals surface area contributed by atoms with Gasteiger partial charge in [-0.15, -0.1) is 0 Å². The summed E-state index contributed by atoms with van der Waals surface area (Å²) in [5.41, 5.74) is 0.739. The number of rotatable bonds is 7. The Morgan fingerprint density at radius 1 is 1.24 bits per heavy atom. The van der Waals surface area contributed by atoms with Crippen LogP contribution in [-0.4, -0.2) is 40.4 Å². The maximum atomic E-state index is 12.5. The predicted molar refractivity (Wildman–Crippen MR) is 88.7 cm³/mol. The lowest BCUT2D eigenvalue weighted by molar-refractivity contribution is -0.590. The minimum absolute atomic E-state index is 0.0825. The van der Waals surface area contributed by atoms with Crippen LogP contribution < -0.4 is 15.4 Å². The van der Waals surface area contributed by atoms with Gasteiger partial charge in [0.1, 0.15) is 18.3 Å². The topological polar surface area (TPSA) is 138 Å². The second-order valence-corrected chi connectivity index (χ2v) is 5.24. The molecular formula is C15H17BN4O5. The third-order valence-electron chi connectivity index (χ3n) is 3.35. The zero-order valence-electron chi connectivity index (χ0n) is 13.2. The number of anilines is 1. The number of amides is 2. The third-order valence-corrected chi connectivity index (χ3v) is 3.35. The van der Waals surface area contributed by atoms with Crippen LogP contribution >= 0.6 is 0 Å². The molecule has 0 fully saturated rings. The summed E-state index contributed by atoms with van der Waals surface area (Å²) in [6, 6.07) is 8.86. The summed E-state index contributed by atoms with van der Waals surface area (Å²) >= 11 is 0. The molecule has 1 aromatic heterocycles. The largest absolute Gasteiger partial charge is 0.711 e. The molecule has 1 heterocycles. The average molecular weight is 344 g/mol. The van der Waals surface area contributed by atoms with Crippen LogP contribution in [0.15, 0.2) is 48.9 Å². The molecule has 9 nitrogen and oxygen atoms in total. The van der Waals surface area contributed by atoms with Crippen LogP contribution in [0.4, 0.5) is 5.82 Å². The molecule has 1 unspecified atom stereocenters. The second kappa shape index (κ2) is 8.76. The molecule has 1 atom stereocenters. The van der Waals surface area contributed by atoms with Crippen LogP contribution in [-0.2, 0) is 16.0 Å². The predicted octanol–water partition coefficient (Wildman–Crippen LogP) is -1.36. The van der Waals surface area contributed by atoms with Gasteiger partial charge in [-0.05, 0) is 12.0 Å². The van der Waals surface area contributed by atoms with Crippen molar-refractivity contribution in [2.45, 2.75) is 6.42 Å². The first-order chi connectivity index (χ1) is 12.0. The molecule has 0 radical (unpaired) electrons. The molecule has 25 heavy (non-hydrogen) atoms. The molecule has 0 aliphatic rings. The fourth-order valence-electron chi connectivity index (χ4n) is 2.12. The molecular weight excluding hydrogens is 327 g/mol. The van der Waals surface area contributed by atoms with Crippen LogP contribution in [0.2, 0.25) is 0 Å². The van der Waals surface area contributed by atoms with Gasteiger partial charge in [0.25, 0.3) is 0 Å². The lowest BCUT2D eigenvalue weighted by Crippen LogP contribution is -2.44. The van der Waals surface area contributed by atoms with E-state index in [9.17, 15) is 14.8 Å². The maximum absolute atomic E-state index is 12.5. The van der Waals surface area contributed by atoms with E-state index in [-0.39, 0.29) is 12.2 Å². The number of hydrogen-bond acceptors (Lipinski definition) is 6. The SMILES string of the molecule is O=C(NCB(O)O)C(Cc1ccccc1)C(=O)Nc1cncc[n+]1[O-]. The number of carbonyl (C=O) groups excluding carboxylic acids is 2. The van der Waals surface area contributed by atoms with E-state index in [0.29, 0.717) is 4.73 Å². The minimum Gasteiger partial charge on any atom is -0.711 e. The molecule has 2 aromatic rings. The molecule has 0 spiro atoms. The van der Waals surface area contributed by atoms with Crippen molar-refractivity contribution in [1.29, 1.82) is 0 Å². The van der Waals surface area contributed by atoms with Crippen LogP contribution in [0.1, 0.15) is 5.56 Å². The van der Waals surface area contributed by atoms with Crippen LogP contribution in [0.25, 0.3) is 0 Å². The molecule has 0 saturated heterocycles. The highest BCUT2D eigenvalue weighted by Gasteiger charge is 2.31. The number of nitrogens with zero attached hydrogens (tertiary/aromatic N) is 2. The molecule has 10 heteroatoms. The van der Waals surface area contributed by atoms with Gasteiger partial charge < -0.3 is 20.6 Å². The summed E-state index contributed by atoms with van der Waals surface area (Å²) in [5.74, 6) is -2.66. The van der Waals surface area contributed by atoms with E-state index in [2.05, 4.69) is 15.6 Å². The standard InChI is InChI=1S/C15H17BN4O5/c21-14(18-10-16(23)24)12(8-11-4-2-1-3-5-11)15(22)19-13-9-17-6-7-20(13)25/h1-7,9,12,23-24H,8,10H2,(H,18,21)(H,19,22). The van der Waals surface area contributed by atoms with Crippen molar-refractivity contribution >= 4 is 24.8 Å². The first kappa shape index (κ1) is 18.4. The van der Waals surface area contributed by atoms with E-state index in [1.165, 1.54) is 12.4 Å². The highest BCUT2D eigenvalue weighted by molar-refractivity contribution is 6.41. The Morgan fingerprint density at radius 2 is 1.96 bits per heavy atom. The van der Waals surface area contributed by atoms with Crippen molar-refractivity contribution in [1.82, 2.24) is 10.3 Å². The minimum atomic E-state index is -1.73. The number of carbonyl (C=O) groups is 2. The summed E-state index contributed by atoms with van der Waals surface area (Å²) in [6.07, 6.45) is 3.22. The van der Waals surface area contributed by atoms with E-state index >= 15 is 0 Å². The zero-order chi connectivity index (χ0) is 18.2. The van der Waals surface area contributed by atoms with Gasteiger partial charge in [0.2, 0.25) is 5.91 Å².